The number of rotatable bonds is 7. The third-order valence-electron chi connectivity index (χ3n) is 4.02. The zero-order valence-electron chi connectivity index (χ0n) is 13.2. The maximum absolute atomic E-state index is 12.2. The molecule has 5 nitrogen and oxygen atoms in total. The molecular formula is C16H22F2N2O3. The van der Waals surface area contributed by atoms with E-state index in [0.717, 1.165) is 12.8 Å². The highest BCUT2D eigenvalue weighted by Crippen LogP contribution is 2.39. The van der Waals surface area contributed by atoms with Crippen molar-refractivity contribution in [3.63, 3.8) is 0 Å². The van der Waals surface area contributed by atoms with Gasteiger partial charge in [-0.05, 0) is 44.2 Å². The quantitative estimate of drug-likeness (QED) is 0.721. The lowest BCUT2D eigenvalue weighted by Gasteiger charge is -2.28. The fourth-order valence-electron chi connectivity index (χ4n) is 2.40. The first-order chi connectivity index (χ1) is 10.8. The average molecular weight is 328 g/mol. The van der Waals surface area contributed by atoms with E-state index in [4.69, 9.17) is 4.74 Å². The Balaban J connectivity index is 1.99. The highest BCUT2D eigenvalue weighted by Gasteiger charge is 2.42. The van der Waals surface area contributed by atoms with Crippen LogP contribution in [-0.4, -0.2) is 36.3 Å². The molecule has 23 heavy (non-hydrogen) atoms. The van der Waals surface area contributed by atoms with E-state index in [1.54, 1.807) is 26.0 Å². The summed E-state index contributed by atoms with van der Waals surface area (Å²) in [5.41, 5.74) is 0.493. The predicted molar refractivity (Wildman–Crippen MR) is 83.0 cm³/mol. The van der Waals surface area contributed by atoms with Crippen molar-refractivity contribution in [1.29, 1.82) is 0 Å². The largest absolute Gasteiger partial charge is 0.487 e. The minimum absolute atomic E-state index is 0.137. The molecule has 1 aromatic rings. The maximum atomic E-state index is 12.2. The summed E-state index contributed by atoms with van der Waals surface area (Å²) >= 11 is 0. The lowest BCUT2D eigenvalue weighted by Crippen LogP contribution is -2.52. The molecule has 0 bridgehead atoms. The standard InChI is InChI=1S/C16H22F2N2O3/c1-10-3-6-12(7-13(10)23-8-14(17)18)19-15(22)20-16(2,9-21)11-4-5-11/h3,6-7,11,14,21H,4-5,8-9H2,1-2H3,(H2,19,20,22). The summed E-state index contributed by atoms with van der Waals surface area (Å²) in [6, 6.07) is 4.40. The number of urea groups is 1. The number of nitrogens with one attached hydrogen (secondary N) is 2. The van der Waals surface area contributed by atoms with Crippen molar-refractivity contribution in [2.75, 3.05) is 18.5 Å². The van der Waals surface area contributed by atoms with Gasteiger partial charge in [0.15, 0.2) is 0 Å². The molecule has 0 heterocycles. The van der Waals surface area contributed by atoms with Gasteiger partial charge in [0.2, 0.25) is 0 Å². The third-order valence-corrected chi connectivity index (χ3v) is 4.02. The number of carbonyl (C=O) groups is 1. The topological polar surface area (TPSA) is 70.6 Å². The van der Waals surface area contributed by atoms with Gasteiger partial charge in [-0.3, -0.25) is 0 Å². The Morgan fingerprint density at radius 1 is 1.48 bits per heavy atom. The molecule has 1 aromatic carbocycles. The van der Waals surface area contributed by atoms with Crippen LogP contribution in [0.3, 0.4) is 0 Å². The molecule has 128 valence electrons. The Bertz CT molecular complexity index is 564. The maximum Gasteiger partial charge on any atom is 0.319 e. The molecule has 0 saturated heterocycles. The number of amides is 2. The minimum atomic E-state index is -2.56. The summed E-state index contributed by atoms with van der Waals surface area (Å²) in [5, 5.41) is 14.9. The lowest BCUT2D eigenvalue weighted by molar-refractivity contribution is 0.0816. The SMILES string of the molecule is Cc1ccc(NC(=O)NC(C)(CO)C2CC2)cc1OCC(F)F. The number of ether oxygens (including phenoxy) is 1. The van der Waals surface area contributed by atoms with Crippen LogP contribution in [0.2, 0.25) is 0 Å². The van der Waals surface area contributed by atoms with Crippen molar-refractivity contribution in [3.05, 3.63) is 23.8 Å². The first-order valence-corrected chi connectivity index (χ1v) is 7.55. The number of alkyl halides is 2. The zero-order valence-corrected chi connectivity index (χ0v) is 13.2. The van der Waals surface area contributed by atoms with Crippen molar-refractivity contribution in [2.45, 2.75) is 38.7 Å². The molecule has 0 aliphatic heterocycles. The van der Waals surface area contributed by atoms with Gasteiger partial charge in [0.05, 0.1) is 12.1 Å². The van der Waals surface area contributed by atoms with E-state index in [2.05, 4.69) is 10.6 Å². The average Bonchev–Trinajstić information content (AvgIpc) is 3.32. The Labute approximate surface area is 134 Å². The number of hydrogen-bond acceptors (Lipinski definition) is 3. The van der Waals surface area contributed by atoms with Crippen molar-refractivity contribution >= 4 is 11.7 Å². The van der Waals surface area contributed by atoms with Crippen LogP contribution in [0.4, 0.5) is 19.3 Å². The first-order valence-electron chi connectivity index (χ1n) is 7.55. The van der Waals surface area contributed by atoms with Crippen LogP contribution in [0.25, 0.3) is 0 Å². The summed E-state index contributed by atoms with van der Waals surface area (Å²) in [6.45, 7) is 2.71. The summed E-state index contributed by atoms with van der Waals surface area (Å²) in [5.74, 6) is 0.580. The van der Waals surface area contributed by atoms with E-state index in [0.29, 0.717) is 17.0 Å². The van der Waals surface area contributed by atoms with Crippen molar-refractivity contribution in [3.8, 4) is 5.75 Å². The van der Waals surface area contributed by atoms with Crippen molar-refractivity contribution < 1.29 is 23.4 Å². The number of aliphatic hydroxyl groups excluding tert-OH is 1. The predicted octanol–water partition coefficient (Wildman–Crippen LogP) is 2.92. The number of carbonyl (C=O) groups excluding carboxylic acids is 1. The number of benzene rings is 1. The van der Waals surface area contributed by atoms with Gasteiger partial charge in [-0.1, -0.05) is 6.07 Å². The second kappa shape index (κ2) is 7.12. The second-order valence-corrected chi connectivity index (χ2v) is 6.11. The summed E-state index contributed by atoms with van der Waals surface area (Å²) in [7, 11) is 0. The fraction of sp³-hybridized carbons (Fsp3) is 0.562. The molecule has 2 amide bonds. The van der Waals surface area contributed by atoms with Crippen LogP contribution < -0.4 is 15.4 Å². The fourth-order valence-corrected chi connectivity index (χ4v) is 2.40. The van der Waals surface area contributed by atoms with Gasteiger partial charge in [-0.15, -0.1) is 0 Å². The van der Waals surface area contributed by atoms with Crippen LogP contribution in [0.5, 0.6) is 5.75 Å². The van der Waals surface area contributed by atoms with Gasteiger partial charge in [0, 0.05) is 11.8 Å². The number of aliphatic hydroxyl groups is 1. The Hall–Kier alpha value is -1.89. The molecule has 0 spiro atoms. The molecule has 0 aromatic heterocycles. The van der Waals surface area contributed by atoms with Crippen LogP contribution in [0.15, 0.2) is 18.2 Å². The van der Waals surface area contributed by atoms with Gasteiger partial charge in [0.1, 0.15) is 12.4 Å². The summed E-state index contributed by atoms with van der Waals surface area (Å²) in [6.07, 6.45) is -0.598. The Morgan fingerprint density at radius 3 is 2.74 bits per heavy atom. The van der Waals surface area contributed by atoms with Gasteiger partial charge in [-0.2, -0.15) is 0 Å². The normalized spacial score (nSPS) is 16.8. The molecule has 1 unspecified atom stereocenters. The van der Waals surface area contributed by atoms with E-state index >= 15 is 0 Å². The van der Waals surface area contributed by atoms with E-state index in [1.165, 1.54) is 6.07 Å². The summed E-state index contributed by atoms with van der Waals surface area (Å²) < 4.78 is 29.5. The highest BCUT2D eigenvalue weighted by molar-refractivity contribution is 5.90. The van der Waals surface area contributed by atoms with E-state index in [9.17, 15) is 18.7 Å². The molecule has 2 rings (SSSR count). The van der Waals surface area contributed by atoms with Gasteiger partial charge < -0.3 is 20.5 Å². The summed E-state index contributed by atoms with van der Waals surface area (Å²) in [4.78, 5) is 12.1. The number of hydrogen-bond donors (Lipinski definition) is 3. The van der Waals surface area contributed by atoms with Crippen molar-refractivity contribution in [1.82, 2.24) is 5.32 Å². The molecule has 1 saturated carbocycles. The minimum Gasteiger partial charge on any atom is -0.487 e. The van der Waals surface area contributed by atoms with Crippen LogP contribution >= 0.6 is 0 Å². The smallest absolute Gasteiger partial charge is 0.319 e. The molecule has 0 radical (unpaired) electrons. The number of aryl methyl sites for hydroxylation is 1. The second-order valence-electron chi connectivity index (χ2n) is 6.11. The van der Waals surface area contributed by atoms with E-state index in [-0.39, 0.29) is 12.5 Å². The highest BCUT2D eigenvalue weighted by atomic mass is 19.3. The van der Waals surface area contributed by atoms with Gasteiger partial charge in [-0.25, -0.2) is 13.6 Å². The molecular weight excluding hydrogens is 306 g/mol. The number of halogens is 2. The Kier molecular flexibility index (Phi) is 5.41. The van der Waals surface area contributed by atoms with Gasteiger partial charge >= 0.3 is 6.03 Å². The zero-order chi connectivity index (χ0) is 17.0. The third kappa shape index (κ3) is 4.79. The Morgan fingerprint density at radius 2 is 2.17 bits per heavy atom. The van der Waals surface area contributed by atoms with Crippen molar-refractivity contribution in [2.24, 2.45) is 5.92 Å². The molecule has 1 aliphatic carbocycles. The van der Waals surface area contributed by atoms with E-state index in [1.807, 2.05) is 0 Å². The molecule has 7 heteroatoms. The monoisotopic (exact) mass is 328 g/mol. The first kappa shape index (κ1) is 17.5. The molecule has 1 aliphatic rings. The van der Waals surface area contributed by atoms with Crippen LogP contribution in [0.1, 0.15) is 25.3 Å². The lowest BCUT2D eigenvalue weighted by atomic mass is 9.97. The molecule has 3 N–H and O–H groups in total. The van der Waals surface area contributed by atoms with Gasteiger partial charge in [0.25, 0.3) is 6.43 Å². The molecule has 1 fully saturated rings. The molecule has 1 atom stereocenters. The van der Waals surface area contributed by atoms with Crippen LogP contribution in [0, 0.1) is 12.8 Å². The number of anilines is 1. The van der Waals surface area contributed by atoms with E-state index < -0.39 is 24.6 Å². The van der Waals surface area contributed by atoms with Crippen LogP contribution in [-0.2, 0) is 0 Å².